The summed E-state index contributed by atoms with van der Waals surface area (Å²) in [5, 5.41) is 17.8. The molecule has 0 spiro atoms. The van der Waals surface area contributed by atoms with Gasteiger partial charge >= 0.3 is 11.8 Å². The summed E-state index contributed by atoms with van der Waals surface area (Å²) in [6.07, 6.45) is 0.660. The van der Waals surface area contributed by atoms with E-state index in [1.165, 1.54) is 0 Å². The summed E-state index contributed by atoms with van der Waals surface area (Å²) in [6, 6.07) is 3.83. The van der Waals surface area contributed by atoms with Crippen molar-refractivity contribution in [1.29, 1.82) is 0 Å². The number of rotatable bonds is 3. The van der Waals surface area contributed by atoms with Crippen LogP contribution >= 0.6 is 0 Å². The molecule has 0 saturated carbocycles. The number of pyridine rings is 1. The van der Waals surface area contributed by atoms with E-state index in [1.807, 2.05) is 0 Å². The lowest BCUT2D eigenvalue weighted by atomic mass is 9.80. The van der Waals surface area contributed by atoms with Crippen LogP contribution in [-0.4, -0.2) is 41.8 Å². The molecule has 164 valence electrons. The van der Waals surface area contributed by atoms with Crippen LogP contribution in [0.3, 0.4) is 0 Å². The highest BCUT2D eigenvalue weighted by Crippen LogP contribution is 2.35. The Morgan fingerprint density at radius 3 is 2.66 bits per heavy atom. The topological polar surface area (TPSA) is 128 Å². The van der Waals surface area contributed by atoms with Crippen LogP contribution in [0.5, 0.6) is 0 Å². The molecule has 32 heavy (non-hydrogen) atoms. The summed E-state index contributed by atoms with van der Waals surface area (Å²) in [6.45, 7) is 0. The minimum absolute atomic E-state index is 0.110. The zero-order chi connectivity index (χ0) is 22.6. The highest BCUT2D eigenvalue weighted by atomic mass is 19.2. The Labute approximate surface area is 176 Å². The Balaban J connectivity index is 1.59. The van der Waals surface area contributed by atoms with Crippen molar-refractivity contribution in [2.75, 3.05) is 0 Å². The third kappa shape index (κ3) is 3.29. The second-order valence-electron chi connectivity index (χ2n) is 7.53. The Morgan fingerprint density at radius 1 is 1.16 bits per heavy atom. The van der Waals surface area contributed by atoms with Crippen molar-refractivity contribution in [3.05, 3.63) is 75.3 Å². The zero-order valence-corrected chi connectivity index (χ0v) is 16.2. The Hall–Kier alpha value is -4.09. The molecule has 1 amide bonds. The van der Waals surface area contributed by atoms with Gasteiger partial charge in [-0.15, -0.1) is 0 Å². The smallest absolute Gasteiger partial charge is 0.404 e. The van der Waals surface area contributed by atoms with E-state index >= 15 is 0 Å². The maximum Gasteiger partial charge on any atom is 0.404 e. The van der Waals surface area contributed by atoms with Crippen molar-refractivity contribution in [2.45, 2.75) is 24.8 Å². The highest BCUT2D eigenvalue weighted by Gasteiger charge is 2.35. The molecule has 3 heterocycles. The van der Waals surface area contributed by atoms with Crippen molar-refractivity contribution in [3.63, 3.8) is 0 Å². The summed E-state index contributed by atoms with van der Waals surface area (Å²) in [4.78, 5) is 29.8. The largest absolute Gasteiger partial charge is 0.465 e. The summed E-state index contributed by atoms with van der Waals surface area (Å²) in [5.41, 5.74) is 1.82. The molecule has 0 fully saturated rings. The number of hydrogen-bond acceptors (Lipinski definition) is 4. The van der Waals surface area contributed by atoms with Crippen molar-refractivity contribution in [3.8, 4) is 11.4 Å². The number of imidazole rings is 1. The van der Waals surface area contributed by atoms with E-state index in [-0.39, 0.29) is 18.4 Å². The van der Waals surface area contributed by atoms with E-state index in [0.717, 1.165) is 6.07 Å². The fraction of sp³-hybridized carbons (Fsp3) is 0.200. The lowest BCUT2D eigenvalue weighted by Gasteiger charge is -2.31. The molecule has 1 aliphatic carbocycles. The molecule has 5 rings (SSSR count). The van der Waals surface area contributed by atoms with Gasteiger partial charge in [-0.25, -0.2) is 32.8 Å². The number of hydrogen-bond donors (Lipinski definition) is 4. The predicted octanol–water partition coefficient (Wildman–Crippen LogP) is 2.35. The van der Waals surface area contributed by atoms with Gasteiger partial charge in [-0.05, 0) is 23.8 Å². The van der Waals surface area contributed by atoms with E-state index < -0.39 is 41.2 Å². The number of benzene rings is 1. The van der Waals surface area contributed by atoms with Crippen molar-refractivity contribution < 1.29 is 23.1 Å². The molecule has 0 saturated heterocycles. The fourth-order valence-electron chi connectivity index (χ4n) is 4.24. The van der Waals surface area contributed by atoms with Gasteiger partial charge in [0.1, 0.15) is 11.5 Å². The van der Waals surface area contributed by atoms with Crippen molar-refractivity contribution >= 4 is 11.7 Å². The first-order chi connectivity index (χ1) is 15.3. The van der Waals surface area contributed by atoms with E-state index in [1.54, 1.807) is 22.7 Å². The summed E-state index contributed by atoms with van der Waals surface area (Å²) >= 11 is 0. The molecule has 1 aliphatic rings. The lowest BCUT2D eigenvalue weighted by Crippen LogP contribution is -2.43. The van der Waals surface area contributed by atoms with Crippen LogP contribution in [0.2, 0.25) is 0 Å². The minimum Gasteiger partial charge on any atom is -0.465 e. The molecular formula is C20H15F3N6O3. The van der Waals surface area contributed by atoms with E-state index in [2.05, 4.69) is 25.5 Å². The summed E-state index contributed by atoms with van der Waals surface area (Å²) < 4.78 is 43.5. The van der Waals surface area contributed by atoms with Crippen LogP contribution in [0.4, 0.5) is 18.0 Å². The molecular weight excluding hydrogens is 429 g/mol. The number of fused-ring (bicyclic) bond motifs is 3. The standard InChI is InChI=1S/C20H15F3N6O3/c21-11-6-13(23)12(22)4-9(11)10-5-15-16(7-14(10)25-20(31)32)29-2-1-8(3-17(29)24-15)18-26-19(30)28-27-18/h1-4,6,10,14,25H,5,7H2,(H,31,32)(H2,26,27,28,30)/t10-,14+/m1/s1. The zero-order valence-electron chi connectivity index (χ0n) is 16.2. The Kier molecular flexibility index (Phi) is 4.50. The average Bonchev–Trinajstić information content (AvgIpc) is 3.32. The quantitative estimate of drug-likeness (QED) is 0.361. The summed E-state index contributed by atoms with van der Waals surface area (Å²) in [7, 11) is 0. The lowest BCUT2D eigenvalue weighted by molar-refractivity contribution is 0.186. The Morgan fingerprint density at radius 2 is 1.94 bits per heavy atom. The number of nitrogens with one attached hydrogen (secondary N) is 3. The van der Waals surface area contributed by atoms with Gasteiger partial charge in [-0.1, -0.05) is 0 Å². The first kappa shape index (κ1) is 19.8. The number of aromatic nitrogens is 5. The number of carboxylic acid groups (broad SMARTS) is 1. The molecule has 9 nitrogen and oxygen atoms in total. The molecule has 0 bridgehead atoms. The van der Waals surface area contributed by atoms with Crippen LogP contribution in [0.15, 0.2) is 35.3 Å². The SMILES string of the molecule is O=C(O)N[C@H]1Cc2c(nc3cc(-c4n[nH]c(=O)[nH]4)ccn23)C[C@@H]1c1cc(F)c(F)cc1F. The predicted molar refractivity (Wildman–Crippen MR) is 105 cm³/mol. The highest BCUT2D eigenvalue weighted by molar-refractivity contribution is 5.66. The molecule has 0 radical (unpaired) electrons. The number of halogens is 3. The molecule has 0 unspecified atom stereocenters. The fourth-order valence-corrected chi connectivity index (χ4v) is 4.24. The van der Waals surface area contributed by atoms with Crippen molar-refractivity contribution in [1.82, 2.24) is 29.9 Å². The maximum atomic E-state index is 14.5. The van der Waals surface area contributed by atoms with Crippen LogP contribution in [0.1, 0.15) is 22.9 Å². The van der Waals surface area contributed by atoms with Gasteiger partial charge in [-0.3, -0.25) is 4.98 Å². The third-order valence-corrected chi connectivity index (χ3v) is 5.64. The molecule has 4 N–H and O–H groups in total. The maximum absolute atomic E-state index is 14.5. The minimum atomic E-state index is -1.32. The third-order valence-electron chi connectivity index (χ3n) is 5.64. The number of carbonyl (C=O) groups is 1. The molecule has 1 aromatic carbocycles. The van der Waals surface area contributed by atoms with Gasteiger partial charge in [-0.2, -0.15) is 5.10 Å². The van der Waals surface area contributed by atoms with E-state index in [0.29, 0.717) is 34.5 Å². The molecule has 12 heteroatoms. The van der Waals surface area contributed by atoms with E-state index in [9.17, 15) is 27.9 Å². The monoisotopic (exact) mass is 444 g/mol. The van der Waals surface area contributed by atoms with Gasteiger partial charge in [0.25, 0.3) is 0 Å². The molecule has 3 aromatic heterocycles. The van der Waals surface area contributed by atoms with Crippen LogP contribution < -0.4 is 11.0 Å². The second kappa shape index (κ2) is 7.25. The van der Waals surface area contributed by atoms with Crippen LogP contribution in [0.25, 0.3) is 17.0 Å². The summed E-state index contributed by atoms with van der Waals surface area (Å²) in [5.74, 6) is -3.95. The Bertz CT molecular complexity index is 1430. The molecule has 0 aliphatic heterocycles. The van der Waals surface area contributed by atoms with Gasteiger partial charge in [0.15, 0.2) is 17.5 Å². The number of aromatic amines is 2. The van der Waals surface area contributed by atoms with Gasteiger partial charge in [0, 0.05) is 48.3 Å². The van der Waals surface area contributed by atoms with Gasteiger partial charge in [0.2, 0.25) is 0 Å². The normalized spacial score (nSPS) is 18.0. The van der Waals surface area contributed by atoms with Gasteiger partial charge < -0.3 is 14.8 Å². The number of amides is 1. The number of H-pyrrole nitrogens is 2. The average molecular weight is 444 g/mol. The van der Waals surface area contributed by atoms with Crippen LogP contribution in [-0.2, 0) is 12.8 Å². The van der Waals surface area contributed by atoms with Crippen molar-refractivity contribution in [2.24, 2.45) is 0 Å². The van der Waals surface area contributed by atoms with E-state index in [4.69, 9.17) is 0 Å². The molecule has 2 atom stereocenters. The first-order valence-corrected chi connectivity index (χ1v) is 9.59. The van der Waals surface area contributed by atoms with Crippen LogP contribution in [0, 0.1) is 17.5 Å². The van der Waals surface area contributed by atoms with Gasteiger partial charge in [0.05, 0.1) is 5.69 Å². The first-order valence-electron chi connectivity index (χ1n) is 9.59. The second-order valence-corrected chi connectivity index (χ2v) is 7.53. The molecule has 4 aromatic rings. The number of nitrogens with zero attached hydrogens (tertiary/aromatic N) is 3.